The zero-order valence-corrected chi connectivity index (χ0v) is 26.3. The Labute approximate surface area is 254 Å². The molecule has 0 bridgehead atoms. The van der Waals surface area contributed by atoms with Crippen LogP contribution < -0.4 is 5.32 Å². The van der Waals surface area contributed by atoms with Crippen molar-refractivity contribution in [2.45, 2.75) is 64.4 Å². The van der Waals surface area contributed by atoms with Crippen molar-refractivity contribution in [1.82, 2.24) is 19.4 Å². The van der Waals surface area contributed by atoms with Crippen LogP contribution in [0.15, 0.2) is 59.5 Å². The molecule has 0 saturated carbocycles. The first-order valence-electron chi connectivity index (χ1n) is 14.7. The van der Waals surface area contributed by atoms with E-state index >= 15 is 0 Å². The molecule has 0 unspecified atom stereocenters. The van der Waals surface area contributed by atoms with Gasteiger partial charge in [-0.15, -0.1) is 0 Å². The number of ether oxygens (including phenoxy) is 2. The number of carbonyl (C=O) groups excluding carboxylic acids is 2. The Morgan fingerprint density at radius 1 is 1.09 bits per heavy atom. The van der Waals surface area contributed by atoms with Gasteiger partial charge in [0.1, 0.15) is 0 Å². The summed E-state index contributed by atoms with van der Waals surface area (Å²) in [5.41, 5.74) is 2.91. The Balaban J connectivity index is 1.41. The molecule has 232 valence electrons. The first kappa shape index (κ1) is 32.4. The number of aryl methyl sites for hydroxylation is 1. The van der Waals surface area contributed by atoms with Crippen molar-refractivity contribution >= 4 is 21.9 Å². The lowest BCUT2D eigenvalue weighted by molar-refractivity contribution is 0.0304. The van der Waals surface area contributed by atoms with E-state index in [1.54, 1.807) is 0 Å². The minimum atomic E-state index is -3.74. The SMILES string of the molecule is CCc1nn(CC(C)(C)COC(=O)c2ccc(S(=O)(=O)N(C)Cc3ccccc3)cc2)c2c1C(=O)NCCCOCCC2. The third-order valence-electron chi connectivity index (χ3n) is 7.36. The topological polar surface area (TPSA) is 120 Å². The Hall–Kier alpha value is -3.54. The van der Waals surface area contributed by atoms with Gasteiger partial charge in [-0.05, 0) is 55.5 Å². The second kappa shape index (κ2) is 14.3. The van der Waals surface area contributed by atoms with Crippen molar-refractivity contribution in [3.63, 3.8) is 0 Å². The third kappa shape index (κ3) is 8.31. The van der Waals surface area contributed by atoms with E-state index in [9.17, 15) is 18.0 Å². The number of fused-ring (bicyclic) bond motifs is 1. The average Bonchev–Trinajstić information content (AvgIpc) is 3.31. The van der Waals surface area contributed by atoms with E-state index in [0.29, 0.717) is 44.7 Å². The molecule has 4 rings (SSSR count). The minimum absolute atomic E-state index is 0.0985. The fourth-order valence-corrected chi connectivity index (χ4v) is 6.18. The number of carbonyl (C=O) groups is 2. The lowest BCUT2D eigenvalue weighted by Gasteiger charge is -2.25. The molecule has 43 heavy (non-hydrogen) atoms. The number of hydrogen-bond donors (Lipinski definition) is 1. The van der Waals surface area contributed by atoms with Gasteiger partial charge in [0, 0.05) is 45.3 Å². The summed E-state index contributed by atoms with van der Waals surface area (Å²) < 4.78 is 40.6. The highest BCUT2D eigenvalue weighted by Crippen LogP contribution is 2.25. The van der Waals surface area contributed by atoms with Gasteiger partial charge >= 0.3 is 5.97 Å². The molecule has 2 aromatic carbocycles. The number of amides is 1. The Morgan fingerprint density at radius 3 is 2.49 bits per heavy atom. The summed E-state index contributed by atoms with van der Waals surface area (Å²) in [6.45, 7) is 8.51. The molecule has 0 spiro atoms. The second-order valence-electron chi connectivity index (χ2n) is 11.6. The summed E-state index contributed by atoms with van der Waals surface area (Å²) >= 11 is 0. The minimum Gasteiger partial charge on any atom is -0.461 e. The van der Waals surface area contributed by atoms with Crippen LogP contribution >= 0.6 is 0 Å². The molecular formula is C32H42N4O6S. The monoisotopic (exact) mass is 610 g/mol. The maximum Gasteiger partial charge on any atom is 0.338 e. The maximum atomic E-state index is 13.1. The van der Waals surface area contributed by atoms with Crippen LogP contribution in [0.4, 0.5) is 0 Å². The van der Waals surface area contributed by atoms with E-state index in [0.717, 1.165) is 29.8 Å². The van der Waals surface area contributed by atoms with Crippen LogP contribution in [-0.4, -0.2) is 67.8 Å². The number of hydrogen-bond acceptors (Lipinski definition) is 7. The third-order valence-corrected chi connectivity index (χ3v) is 9.18. The van der Waals surface area contributed by atoms with Crippen molar-refractivity contribution in [3.8, 4) is 0 Å². The Morgan fingerprint density at radius 2 is 1.79 bits per heavy atom. The van der Waals surface area contributed by atoms with E-state index < -0.39 is 21.4 Å². The van der Waals surface area contributed by atoms with Crippen molar-refractivity contribution in [3.05, 3.63) is 82.7 Å². The van der Waals surface area contributed by atoms with Gasteiger partial charge in [-0.25, -0.2) is 13.2 Å². The van der Waals surface area contributed by atoms with Crippen LogP contribution in [0.25, 0.3) is 0 Å². The summed E-state index contributed by atoms with van der Waals surface area (Å²) in [6, 6.07) is 15.1. The molecule has 1 N–H and O–H groups in total. The molecule has 1 amide bonds. The standard InChI is InChI=1S/C32H42N4O6S/c1-5-27-29-28(13-9-19-41-20-10-18-33-30(29)37)36(34-27)22-32(2,3)23-42-31(38)25-14-16-26(17-15-25)43(39,40)35(4)21-24-11-7-6-8-12-24/h6-8,11-12,14-17H,5,9-10,13,18-23H2,1-4H3,(H,33,37). The normalized spacial score (nSPS) is 15.0. The van der Waals surface area contributed by atoms with E-state index in [-0.39, 0.29) is 29.5 Å². The average molecular weight is 611 g/mol. The number of sulfonamides is 1. The van der Waals surface area contributed by atoms with Crippen LogP contribution in [0.3, 0.4) is 0 Å². The van der Waals surface area contributed by atoms with Crippen molar-refractivity contribution < 1.29 is 27.5 Å². The molecule has 0 fully saturated rings. The smallest absolute Gasteiger partial charge is 0.338 e. The molecule has 1 aliphatic rings. The van der Waals surface area contributed by atoms with Crippen LogP contribution in [0.5, 0.6) is 0 Å². The fraction of sp³-hybridized carbons (Fsp3) is 0.469. The van der Waals surface area contributed by atoms with Gasteiger partial charge < -0.3 is 14.8 Å². The molecule has 0 radical (unpaired) electrons. The predicted octanol–water partition coefficient (Wildman–Crippen LogP) is 4.23. The summed E-state index contributed by atoms with van der Waals surface area (Å²) in [7, 11) is -2.21. The molecule has 1 aromatic heterocycles. The number of esters is 1. The highest BCUT2D eigenvalue weighted by atomic mass is 32.2. The first-order chi connectivity index (χ1) is 20.5. The molecule has 0 saturated heterocycles. The predicted molar refractivity (Wildman–Crippen MR) is 163 cm³/mol. The molecule has 1 aliphatic heterocycles. The van der Waals surface area contributed by atoms with E-state index in [4.69, 9.17) is 14.6 Å². The van der Waals surface area contributed by atoms with Crippen molar-refractivity contribution in [1.29, 1.82) is 0 Å². The van der Waals surface area contributed by atoms with E-state index in [2.05, 4.69) is 5.32 Å². The molecule has 3 aromatic rings. The molecule has 2 heterocycles. The summed E-state index contributed by atoms with van der Waals surface area (Å²) in [5, 5.41) is 7.78. The van der Waals surface area contributed by atoms with Gasteiger partial charge in [0.05, 0.1) is 34.0 Å². The zero-order valence-electron chi connectivity index (χ0n) is 25.5. The van der Waals surface area contributed by atoms with Crippen LogP contribution in [-0.2, 0) is 45.4 Å². The van der Waals surface area contributed by atoms with E-state index in [1.807, 2.05) is 55.8 Å². The van der Waals surface area contributed by atoms with Gasteiger partial charge in [-0.2, -0.15) is 9.40 Å². The van der Waals surface area contributed by atoms with Gasteiger partial charge in [0.15, 0.2) is 0 Å². The largest absolute Gasteiger partial charge is 0.461 e. The molecule has 11 heteroatoms. The highest BCUT2D eigenvalue weighted by Gasteiger charge is 2.28. The first-order valence-corrected chi connectivity index (χ1v) is 16.2. The Bertz CT molecular complexity index is 1500. The van der Waals surface area contributed by atoms with Gasteiger partial charge in [-0.1, -0.05) is 51.1 Å². The van der Waals surface area contributed by atoms with Gasteiger partial charge in [0.25, 0.3) is 5.91 Å². The number of aromatic nitrogens is 2. The van der Waals surface area contributed by atoms with Crippen LogP contribution in [0.1, 0.15) is 71.3 Å². The Kier molecular flexibility index (Phi) is 10.8. The van der Waals surface area contributed by atoms with Gasteiger partial charge in [0.2, 0.25) is 10.0 Å². The number of nitrogens with one attached hydrogen (secondary N) is 1. The molecular weight excluding hydrogens is 568 g/mol. The molecule has 10 nitrogen and oxygen atoms in total. The number of nitrogens with zero attached hydrogens (tertiary/aromatic N) is 3. The second-order valence-corrected chi connectivity index (χ2v) is 13.7. The van der Waals surface area contributed by atoms with Crippen LogP contribution in [0, 0.1) is 5.41 Å². The quantitative estimate of drug-likeness (QED) is 0.341. The van der Waals surface area contributed by atoms with Gasteiger partial charge in [-0.3, -0.25) is 9.48 Å². The lowest BCUT2D eigenvalue weighted by atomic mass is 9.94. The number of rotatable bonds is 10. The fourth-order valence-electron chi connectivity index (χ4n) is 5.02. The summed E-state index contributed by atoms with van der Waals surface area (Å²) in [4.78, 5) is 26.1. The lowest BCUT2D eigenvalue weighted by Crippen LogP contribution is -2.29. The number of benzene rings is 2. The highest BCUT2D eigenvalue weighted by molar-refractivity contribution is 7.89. The molecule has 0 atom stereocenters. The summed E-state index contributed by atoms with van der Waals surface area (Å²) in [6.07, 6.45) is 2.82. The molecule has 0 aliphatic carbocycles. The summed E-state index contributed by atoms with van der Waals surface area (Å²) in [5.74, 6) is -0.652. The maximum absolute atomic E-state index is 13.1. The van der Waals surface area contributed by atoms with Crippen molar-refractivity contribution in [2.24, 2.45) is 5.41 Å². The van der Waals surface area contributed by atoms with E-state index in [1.165, 1.54) is 35.6 Å². The van der Waals surface area contributed by atoms with Crippen LogP contribution in [0.2, 0.25) is 0 Å². The van der Waals surface area contributed by atoms with Crippen molar-refractivity contribution in [2.75, 3.05) is 33.4 Å². The zero-order chi connectivity index (χ0) is 31.0.